The summed E-state index contributed by atoms with van der Waals surface area (Å²) in [6.07, 6.45) is 1.07. The van der Waals surface area contributed by atoms with Crippen molar-refractivity contribution in [2.24, 2.45) is 0 Å². The molecule has 0 radical (unpaired) electrons. The minimum absolute atomic E-state index is 0.115. The number of benzene rings is 1. The Bertz CT molecular complexity index is 466. The minimum Gasteiger partial charge on any atom is -0.493 e. The van der Waals surface area contributed by atoms with Crippen LogP contribution in [0.4, 0.5) is 0 Å². The number of ether oxygens (including phenoxy) is 3. The number of aryl methyl sites for hydroxylation is 1. The van der Waals surface area contributed by atoms with Crippen LogP contribution >= 0.6 is 0 Å². The zero-order valence-electron chi connectivity index (χ0n) is 14.1. The molecule has 0 fully saturated rings. The molecule has 0 aliphatic carbocycles. The summed E-state index contributed by atoms with van der Waals surface area (Å²) in [7, 11) is 8.42. The summed E-state index contributed by atoms with van der Waals surface area (Å²) in [5.41, 5.74) is 0.977. The van der Waals surface area contributed by atoms with Crippen molar-refractivity contribution < 1.29 is 19.0 Å². The van der Waals surface area contributed by atoms with Crippen LogP contribution in [0.15, 0.2) is 12.1 Å². The molecule has 6 nitrogen and oxygen atoms in total. The number of carbonyl (C=O) groups excluding carboxylic acids is 1. The average Bonchev–Trinajstić information content (AvgIpc) is 2.55. The Morgan fingerprint density at radius 1 is 1.14 bits per heavy atom. The first kappa shape index (κ1) is 18.1. The van der Waals surface area contributed by atoms with E-state index in [2.05, 4.69) is 5.32 Å². The first-order valence-corrected chi connectivity index (χ1v) is 7.24. The van der Waals surface area contributed by atoms with Crippen molar-refractivity contribution in [1.29, 1.82) is 0 Å². The van der Waals surface area contributed by atoms with Crippen LogP contribution in [0, 0.1) is 0 Å². The molecule has 0 spiro atoms. The molecule has 0 unspecified atom stereocenters. The molecular weight excluding hydrogens is 284 g/mol. The van der Waals surface area contributed by atoms with Crippen LogP contribution in [0.25, 0.3) is 0 Å². The predicted molar refractivity (Wildman–Crippen MR) is 86.0 cm³/mol. The molecule has 1 amide bonds. The number of carbonyl (C=O) groups is 1. The minimum atomic E-state index is 0.115. The molecule has 0 aliphatic rings. The maximum absolute atomic E-state index is 12.1. The molecule has 0 aliphatic heterocycles. The van der Waals surface area contributed by atoms with Gasteiger partial charge >= 0.3 is 0 Å². The number of nitrogens with one attached hydrogen (secondary N) is 1. The van der Waals surface area contributed by atoms with E-state index in [1.165, 1.54) is 0 Å². The highest BCUT2D eigenvalue weighted by Crippen LogP contribution is 2.38. The Kier molecular flexibility index (Phi) is 7.52. The third-order valence-corrected chi connectivity index (χ3v) is 3.48. The predicted octanol–water partition coefficient (Wildman–Crippen LogP) is 1.32. The van der Waals surface area contributed by atoms with Gasteiger partial charge in [0.25, 0.3) is 0 Å². The molecule has 1 N–H and O–H groups in total. The molecule has 6 heteroatoms. The average molecular weight is 310 g/mol. The first-order valence-electron chi connectivity index (χ1n) is 7.24. The fraction of sp³-hybridized carbons (Fsp3) is 0.562. The molecule has 124 valence electrons. The van der Waals surface area contributed by atoms with Gasteiger partial charge in [0, 0.05) is 26.6 Å². The maximum Gasteiger partial charge on any atom is 0.222 e. The number of likely N-dealkylation sites (N-methyl/N-ethyl adjacent to an activating group) is 2. The van der Waals surface area contributed by atoms with Crippen molar-refractivity contribution in [2.75, 3.05) is 48.5 Å². The Morgan fingerprint density at radius 2 is 1.73 bits per heavy atom. The summed E-state index contributed by atoms with van der Waals surface area (Å²) in [5, 5.41) is 3.03. The van der Waals surface area contributed by atoms with E-state index in [1.54, 1.807) is 26.2 Å². The zero-order valence-corrected chi connectivity index (χ0v) is 14.1. The number of rotatable bonds is 9. The summed E-state index contributed by atoms with van der Waals surface area (Å²) < 4.78 is 15.9. The molecular formula is C16H26N2O4. The number of nitrogens with zero attached hydrogens (tertiary/aromatic N) is 1. The molecule has 0 heterocycles. The highest BCUT2D eigenvalue weighted by molar-refractivity contribution is 5.76. The van der Waals surface area contributed by atoms with Gasteiger partial charge in [0.1, 0.15) is 0 Å². The third-order valence-electron chi connectivity index (χ3n) is 3.48. The topological polar surface area (TPSA) is 60.0 Å². The van der Waals surface area contributed by atoms with Crippen molar-refractivity contribution in [3.8, 4) is 17.2 Å². The summed E-state index contributed by atoms with van der Waals surface area (Å²) in [6.45, 7) is 1.48. The number of hydrogen-bond donors (Lipinski definition) is 1. The van der Waals surface area contributed by atoms with E-state index in [9.17, 15) is 4.79 Å². The lowest BCUT2D eigenvalue weighted by Crippen LogP contribution is -2.32. The van der Waals surface area contributed by atoms with Gasteiger partial charge in [0.15, 0.2) is 11.5 Å². The largest absolute Gasteiger partial charge is 0.493 e. The first-order chi connectivity index (χ1) is 10.6. The Morgan fingerprint density at radius 3 is 2.18 bits per heavy atom. The molecule has 1 aromatic rings. The Balaban J connectivity index is 2.75. The normalized spacial score (nSPS) is 10.2. The van der Waals surface area contributed by atoms with Crippen LogP contribution < -0.4 is 19.5 Å². The summed E-state index contributed by atoms with van der Waals surface area (Å²) in [5.74, 6) is 1.89. The SMILES string of the molecule is CNCCN(C)C(=O)CCc1cc(OC)c(OC)c(OC)c1. The van der Waals surface area contributed by atoms with Crippen molar-refractivity contribution in [3.63, 3.8) is 0 Å². The lowest BCUT2D eigenvalue weighted by atomic mass is 10.1. The zero-order chi connectivity index (χ0) is 16.5. The van der Waals surface area contributed by atoms with Gasteiger partial charge < -0.3 is 24.4 Å². The Labute approximate surface area is 132 Å². The van der Waals surface area contributed by atoms with Crippen molar-refractivity contribution in [2.45, 2.75) is 12.8 Å². The summed E-state index contributed by atoms with van der Waals surface area (Å²) in [6, 6.07) is 3.75. The highest BCUT2D eigenvalue weighted by Gasteiger charge is 2.14. The van der Waals surface area contributed by atoms with Gasteiger partial charge in [-0.25, -0.2) is 0 Å². The van der Waals surface area contributed by atoms with E-state index in [-0.39, 0.29) is 5.91 Å². The summed E-state index contributed by atoms with van der Waals surface area (Å²) >= 11 is 0. The standard InChI is InChI=1S/C16H26N2O4/c1-17-8-9-18(2)15(19)7-6-12-10-13(20-3)16(22-5)14(11-12)21-4/h10-11,17H,6-9H2,1-5H3. The van der Waals surface area contributed by atoms with Crippen molar-refractivity contribution >= 4 is 5.91 Å². The molecule has 0 saturated heterocycles. The van der Waals surface area contributed by atoms with Crippen LogP contribution in [-0.2, 0) is 11.2 Å². The van der Waals surface area contributed by atoms with Crippen molar-refractivity contribution in [1.82, 2.24) is 10.2 Å². The van der Waals surface area contributed by atoms with Crippen LogP contribution in [0.1, 0.15) is 12.0 Å². The number of methoxy groups -OCH3 is 3. The molecule has 0 atom stereocenters. The van der Waals surface area contributed by atoms with E-state index < -0.39 is 0 Å². The highest BCUT2D eigenvalue weighted by atomic mass is 16.5. The van der Waals surface area contributed by atoms with Gasteiger partial charge in [-0.05, 0) is 31.2 Å². The quantitative estimate of drug-likeness (QED) is 0.745. The van der Waals surface area contributed by atoms with E-state index in [4.69, 9.17) is 14.2 Å². The lowest BCUT2D eigenvalue weighted by Gasteiger charge is -2.17. The molecule has 1 rings (SSSR count). The smallest absolute Gasteiger partial charge is 0.222 e. The fourth-order valence-corrected chi connectivity index (χ4v) is 2.13. The van der Waals surface area contributed by atoms with Gasteiger partial charge in [0.05, 0.1) is 21.3 Å². The van der Waals surface area contributed by atoms with Gasteiger partial charge in [-0.1, -0.05) is 0 Å². The fourth-order valence-electron chi connectivity index (χ4n) is 2.13. The molecule has 0 bridgehead atoms. The second-order valence-electron chi connectivity index (χ2n) is 4.95. The summed E-state index contributed by atoms with van der Waals surface area (Å²) in [4.78, 5) is 13.8. The molecule has 1 aromatic carbocycles. The van der Waals surface area contributed by atoms with Crippen LogP contribution in [0.3, 0.4) is 0 Å². The van der Waals surface area contributed by atoms with Gasteiger partial charge in [-0.15, -0.1) is 0 Å². The molecule has 0 saturated carbocycles. The van der Waals surface area contributed by atoms with E-state index in [1.807, 2.05) is 26.2 Å². The van der Waals surface area contributed by atoms with Crippen LogP contribution in [-0.4, -0.2) is 59.3 Å². The van der Waals surface area contributed by atoms with E-state index in [0.717, 1.165) is 12.1 Å². The molecule has 0 aromatic heterocycles. The molecule has 22 heavy (non-hydrogen) atoms. The number of hydrogen-bond acceptors (Lipinski definition) is 5. The maximum atomic E-state index is 12.1. The van der Waals surface area contributed by atoms with Gasteiger partial charge in [-0.3, -0.25) is 4.79 Å². The number of amides is 1. The van der Waals surface area contributed by atoms with E-state index in [0.29, 0.717) is 36.6 Å². The lowest BCUT2D eigenvalue weighted by molar-refractivity contribution is -0.129. The second kappa shape index (κ2) is 9.15. The third kappa shape index (κ3) is 4.80. The Hall–Kier alpha value is -1.95. The van der Waals surface area contributed by atoms with Gasteiger partial charge in [-0.2, -0.15) is 0 Å². The van der Waals surface area contributed by atoms with E-state index >= 15 is 0 Å². The monoisotopic (exact) mass is 310 g/mol. The van der Waals surface area contributed by atoms with Crippen LogP contribution in [0.2, 0.25) is 0 Å². The van der Waals surface area contributed by atoms with Gasteiger partial charge in [0.2, 0.25) is 11.7 Å². The van der Waals surface area contributed by atoms with Crippen molar-refractivity contribution in [3.05, 3.63) is 17.7 Å². The second-order valence-corrected chi connectivity index (χ2v) is 4.95. The van der Waals surface area contributed by atoms with Crippen LogP contribution in [0.5, 0.6) is 17.2 Å².